The molecule has 186 valence electrons. The summed E-state index contributed by atoms with van der Waals surface area (Å²) in [5, 5.41) is 0. The lowest BCUT2D eigenvalue weighted by atomic mass is 9.73. The number of ether oxygens (including phenoxy) is 3. The third-order valence-corrected chi connectivity index (χ3v) is 5.37. The van der Waals surface area contributed by atoms with Gasteiger partial charge >= 0.3 is 24.1 Å². The second-order valence-corrected chi connectivity index (χ2v) is 8.97. The Kier molecular flexibility index (Phi) is 6.83. The Bertz CT molecular complexity index is 1160. The molecule has 0 N–H and O–H groups in total. The highest BCUT2D eigenvalue weighted by Gasteiger charge is 2.61. The number of benzene rings is 2. The number of alkyl halides is 3. The lowest BCUT2D eigenvalue weighted by molar-refractivity contribution is -0.179. The Morgan fingerprint density at radius 1 is 1.06 bits per heavy atom. The summed E-state index contributed by atoms with van der Waals surface area (Å²) in [6, 6.07) is 9.89. The monoisotopic (exact) mass is 490 g/mol. The zero-order chi connectivity index (χ0) is 26.2. The fourth-order valence-electron chi connectivity index (χ4n) is 3.97. The third-order valence-electron chi connectivity index (χ3n) is 5.37. The molecule has 0 amide bonds. The maximum absolute atomic E-state index is 13.7. The van der Waals surface area contributed by atoms with E-state index >= 15 is 0 Å². The van der Waals surface area contributed by atoms with Crippen LogP contribution in [0.15, 0.2) is 60.7 Å². The highest BCUT2D eigenvalue weighted by molar-refractivity contribution is 6.03. The van der Waals surface area contributed by atoms with E-state index in [4.69, 9.17) is 14.2 Å². The Morgan fingerprint density at radius 2 is 1.66 bits per heavy atom. The quantitative estimate of drug-likeness (QED) is 0.310. The Labute approximate surface area is 200 Å². The first-order chi connectivity index (χ1) is 16.2. The molecule has 1 aliphatic rings. The largest absolute Gasteiger partial charge is 0.463 e. The van der Waals surface area contributed by atoms with Crippen molar-refractivity contribution < 1.29 is 41.8 Å². The Hall–Kier alpha value is -3.62. The van der Waals surface area contributed by atoms with E-state index < -0.39 is 46.8 Å². The molecule has 0 unspecified atom stereocenters. The number of hydrogen-bond acceptors (Lipinski definition) is 6. The maximum atomic E-state index is 13.7. The molecular weight excluding hydrogens is 465 g/mol. The van der Waals surface area contributed by atoms with Crippen molar-refractivity contribution in [3.05, 3.63) is 82.9 Å². The molecule has 9 heteroatoms. The molecule has 2 atom stereocenters. The molecule has 1 heterocycles. The van der Waals surface area contributed by atoms with Crippen LogP contribution in [0.3, 0.4) is 0 Å². The topological polar surface area (TPSA) is 78.9 Å². The minimum atomic E-state index is -4.61. The molecule has 2 aromatic rings. The summed E-state index contributed by atoms with van der Waals surface area (Å²) in [6.45, 7) is 10.2. The van der Waals surface area contributed by atoms with E-state index in [2.05, 4.69) is 6.58 Å². The molecule has 0 bridgehead atoms. The van der Waals surface area contributed by atoms with Crippen LogP contribution in [-0.4, -0.2) is 30.1 Å². The van der Waals surface area contributed by atoms with Gasteiger partial charge in [0, 0.05) is 11.1 Å². The first kappa shape index (κ1) is 26.0. The van der Waals surface area contributed by atoms with E-state index in [1.54, 1.807) is 39.8 Å². The summed E-state index contributed by atoms with van der Waals surface area (Å²) < 4.78 is 56.0. The SMILES string of the molecule is C=C(C(=O)OCC)[C@H](c1ccc(C(F)(F)F)cc1)[C@]1(C(=O)OC(C)(C)C)OC(=O)c2ccccc21. The molecule has 0 aromatic heterocycles. The second-order valence-electron chi connectivity index (χ2n) is 8.97. The van der Waals surface area contributed by atoms with Crippen LogP contribution in [0.5, 0.6) is 0 Å². The predicted molar refractivity (Wildman–Crippen MR) is 119 cm³/mol. The minimum absolute atomic E-state index is 0.0204. The van der Waals surface area contributed by atoms with Crippen LogP contribution in [0.2, 0.25) is 0 Å². The third kappa shape index (κ3) is 4.94. The van der Waals surface area contributed by atoms with E-state index in [1.807, 2.05) is 0 Å². The number of carbonyl (C=O) groups is 3. The number of cyclic esters (lactones) is 1. The Balaban J connectivity index is 2.31. The summed E-state index contributed by atoms with van der Waals surface area (Å²) in [4.78, 5) is 39.4. The van der Waals surface area contributed by atoms with Crippen molar-refractivity contribution >= 4 is 17.9 Å². The summed E-state index contributed by atoms with van der Waals surface area (Å²) in [5.41, 5.74) is -4.24. The molecule has 6 nitrogen and oxygen atoms in total. The van der Waals surface area contributed by atoms with Gasteiger partial charge in [0.1, 0.15) is 5.60 Å². The summed E-state index contributed by atoms with van der Waals surface area (Å²) in [5.74, 6) is -4.19. The highest BCUT2D eigenvalue weighted by atomic mass is 19.4. The van der Waals surface area contributed by atoms with Gasteiger partial charge in [-0.1, -0.05) is 36.9 Å². The van der Waals surface area contributed by atoms with Crippen LogP contribution in [0.25, 0.3) is 0 Å². The van der Waals surface area contributed by atoms with Gasteiger partial charge in [-0.05, 0) is 51.5 Å². The zero-order valence-corrected chi connectivity index (χ0v) is 19.7. The van der Waals surface area contributed by atoms with Crippen LogP contribution >= 0.6 is 0 Å². The van der Waals surface area contributed by atoms with Gasteiger partial charge in [-0.25, -0.2) is 14.4 Å². The van der Waals surface area contributed by atoms with Crippen molar-refractivity contribution in [2.45, 2.75) is 51.0 Å². The number of carbonyl (C=O) groups excluding carboxylic acids is 3. The summed E-state index contributed by atoms with van der Waals surface area (Å²) >= 11 is 0. The fourth-order valence-corrected chi connectivity index (χ4v) is 3.97. The molecule has 2 aromatic carbocycles. The molecule has 0 saturated carbocycles. The molecule has 3 rings (SSSR count). The standard InChI is InChI=1S/C26H25F3O6/c1-6-33-21(30)15(2)20(16-11-13-17(14-12-16)26(27,28)29)25(23(32)35-24(3,4)5)19-10-8-7-9-18(19)22(31)34-25/h7-14,20H,2,6H2,1,3-5H3/t20-,25-/m1/s1. The van der Waals surface area contributed by atoms with Crippen molar-refractivity contribution in [1.82, 2.24) is 0 Å². The van der Waals surface area contributed by atoms with Crippen LogP contribution in [0, 0.1) is 0 Å². The normalized spacial score (nSPS) is 18.3. The zero-order valence-electron chi connectivity index (χ0n) is 19.7. The van der Waals surface area contributed by atoms with Crippen LogP contribution in [0.4, 0.5) is 13.2 Å². The van der Waals surface area contributed by atoms with E-state index in [9.17, 15) is 27.6 Å². The number of fused-ring (bicyclic) bond motifs is 1. The van der Waals surface area contributed by atoms with Gasteiger partial charge in [0.2, 0.25) is 5.60 Å². The van der Waals surface area contributed by atoms with E-state index in [0.29, 0.717) is 0 Å². The van der Waals surface area contributed by atoms with Gasteiger partial charge in [-0.3, -0.25) is 0 Å². The van der Waals surface area contributed by atoms with Crippen molar-refractivity contribution in [3.8, 4) is 0 Å². The summed E-state index contributed by atoms with van der Waals surface area (Å²) in [7, 11) is 0. The highest BCUT2D eigenvalue weighted by Crippen LogP contribution is 2.51. The molecule has 1 aliphatic heterocycles. The predicted octanol–water partition coefficient (Wildman–Crippen LogP) is 5.32. The second kappa shape index (κ2) is 9.20. The first-order valence-electron chi connectivity index (χ1n) is 10.8. The van der Waals surface area contributed by atoms with Gasteiger partial charge < -0.3 is 14.2 Å². The molecular formula is C26H25F3O6. The molecule has 0 fully saturated rings. The molecule has 0 radical (unpaired) electrons. The number of rotatable bonds is 6. The van der Waals surface area contributed by atoms with Crippen LogP contribution < -0.4 is 0 Å². The average Bonchev–Trinajstić information content (AvgIpc) is 3.06. The van der Waals surface area contributed by atoms with E-state index in [-0.39, 0.29) is 28.9 Å². The number of hydrogen-bond donors (Lipinski definition) is 0. The van der Waals surface area contributed by atoms with Gasteiger partial charge in [0.15, 0.2) is 0 Å². The molecule has 0 spiro atoms. The number of esters is 3. The van der Waals surface area contributed by atoms with Crippen LogP contribution in [-0.2, 0) is 35.6 Å². The lowest BCUT2D eigenvalue weighted by Gasteiger charge is -2.37. The molecule has 0 aliphatic carbocycles. The van der Waals surface area contributed by atoms with Crippen molar-refractivity contribution in [3.63, 3.8) is 0 Å². The molecule has 35 heavy (non-hydrogen) atoms. The van der Waals surface area contributed by atoms with Crippen molar-refractivity contribution in [1.29, 1.82) is 0 Å². The smallest absolute Gasteiger partial charge is 0.416 e. The Morgan fingerprint density at radius 3 is 2.20 bits per heavy atom. The van der Waals surface area contributed by atoms with Gasteiger partial charge in [0.25, 0.3) is 0 Å². The van der Waals surface area contributed by atoms with Gasteiger partial charge in [-0.2, -0.15) is 13.2 Å². The summed E-state index contributed by atoms with van der Waals surface area (Å²) in [6.07, 6.45) is -4.61. The van der Waals surface area contributed by atoms with Crippen LogP contribution in [0.1, 0.15) is 60.7 Å². The fraction of sp³-hybridized carbons (Fsp3) is 0.346. The first-order valence-corrected chi connectivity index (χ1v) is 10.8. The maximum Gasteiger partial charge on any atom is 0.416 e. The van der Waals surface area contributed by atoms with Gasteiger partial charge in [0.05, 0.1) is 23.7 Å². The van der Waals surface area contributed by atoms with Crippen molar-refractivity contribution in [2.24, 2.45) is 0 Å². The van der Waals surface area contributed by atoms with Crippen molar-refractivity contribution in [2.75, 3.05) is 6.61 Å². The minimum Gasteiger partial charge on any atom is -0.463 e. The lowest BCUT2D eigenvalue weighted by Crippen LogP contribution is -2.47. The van der Waals surface area contributed by atoms with E-state index in [1.165, 1.54) is 12.1 Å². The average molecular weight is 490 g/mol. The molecule has 0 saturated heterocycles. The van der Waals surface area contributed by atoms with Gasteiger partial charge in [-0.15, -0.1) is 0 Å². The van der Waals surface area contributed by atoms with E-state index in [0.717, 1.165) is 24.3 Å². The number of halogens is 3.